The number of hydrogen-bond acceptors (Lipinski definition) is 4. The lowest BCUT2D eigenvalue weighted by Crippen LogP contribution is -2.24. The molecular formula is C20H22ClNO4. The van der Waals surface area contributed by atoms with Crippen molar-refractivity contribution in [3.05, 3.63) is 58.6 Å². The Labute approximate surface area is 158 Å². The Hall–Kier alpha value is -2.66. The normalized spacial score (nSPS) is 10.7. The van der Waals surface area contributed by atoms with Gasteiger partial charge in [0.1, 0.15) is 5.75 Å². The molecule has 2 aromatic rings. The molecule has 0 heterocycles. The zero-order chi connectivity index (χ0) is 19.1. The number of methoxy groups -OCH3 is 3. The SMILES string of the molecule is COc1ccc(CN(C)C(=O)/C=C/c2cc(Cl)c(OC)c(OC)c2)cc1. The van der Waals surface area contributed by atoms with E-state index in [0.29, 0.717) is 23.1 Å². The van der Waals surface area contributed by atoms with Crippen LogP contribution >= 0.6 is 11.6 Å². The van der Waals surface area contributed by atoms with Crippen LogP contribution in [0.3, 0.4) is 0 Å². The summed E-state index contributed by atoms with van der Waals surface area (Å²) in [7, 11) is 6.43. The van der Waals surface area contributed by atoms with Crippen molar-refractivity contribution in [2.45, 2.75) is 6.54 Å². The van der Waals surface area contributed by atoms with Gasteiger partial charge in [-0.15, -0.1) is 0 Å². The molecular weight excluding hydrogens is 354 g/mol. The number of benzene rings is 2. The lowest BCUT2D eigenvalue weighted by molar-refractivity contribution is -0.125. The molecule has 2 rings (SSSR count). The van der Waals surface area contributed by atoms with Gasteiger partial charge in [-0.05, 0) is 41.5 Å². The fourth-order valence-electron chi connectivity index (χ4n) is 2.41. The zero-order valence-electron chi connectivity index (χ0n) is 15.3. The lowest BCUT2D eigenvalue weighted by Gasteiger charge is -2.15. The summed E-state index contributed by atoms with van der Waals surface area (Å²) < 4.78 is 15.6. The summed E-state index contributed by atoms with van der Waals surface area (Å²) in [5, 5.41) is 0.422. The first kappa shape index (κ1) is 19.7. The topological polar surface area (TPSA) is 48.0 Å². The number of carbonyl (C=O) groups is 1. The number of halogens is 1. The van der Waals surface area contributed by atoms with Crippen molar-refractivity contribution in [1.82, 2.24) is 4.90 Å². The van der Waals surface area contributed by atoms with Crippen molar-refractivity contribution in [1.29, 1.82) is 0 Å². The minimum Gasteiger partial charge on any atom is -0.497 e. The molecule has 0 saturated carbocycles. The average molecular weight is 376 g/mol. The van der Waals surface area contributed by atoms with Gasteiger partial charge < -0.3 is 19.1 Å². The summed E-state index contributed by atoms with van der Waals surface area (Å²) in [6, 6.07) is 11.1. The third kappa shape index (κ3) is 4.92. The summed E-state index contributed by atoms with van der Waals surface area (Å²) in [6.07, 6.45) is 3.20. The van der Waals surface area contributed by atoms with Gasteiger partial charge in [0.05, 0.1) is 26.4 Å². The number of nitrogens with zero attached hydrogens (tertiary/aromatic N) is 1. The van der Waals surface area contributed by atoms with Crippen LogP contribution in [0.5, 0.6) is 17.2 Å². The van der Waals surface area contributed by atoms with E-state index in [2.05, 4.69) is 0 Å². The lowest BCUT2D eigenvalue weighted by atomic mass is 10.1. The molecule has 0 aliphatic carbocycles. The van der Waals surface area contributed by atoms with Gasteiger partial charge in [-0.25, -0.2) is 0 Å². The van der Waals surface area contributed by atoms with E-state index in [1.54, 1.807) is 37.3 Å². The summed E-state index contributed by atoms with van der Waals surface area (Å²) in [4.78, 5) is 14.0. The Morgan fingerprint density at radius 2 is 1.77 bits per heavy atom. The molecule has 0 fully saturated rings. The van der Waals surface area contributed by atoms with Crippen molar-refractivity contribution in [2.75, 3.05) is 28.4 Å². The first-order valence-corrected chi connectivity index (χ1v) is 8.34. The molecule has 0 saturated heterocycles. The van der Waals surface area contributed by atoms with Crippen LogP contribution in [0, 0.1) is 0 Å². The third-order valence-corrected chi connectivity index (χ3v) is 4.11. The molecule has 0 unspecified atom stereocenters. The van der Waals surface area contributed by atoms with Crippen molar-refractivity contribution in [3.8, 4) is 17.2 Å². The molecule has 2 aromatic carbocycles. The number of ether oxygens (including phenoxy) is 3. The summed E-state index contributed by atoms with van der Waals surface area (Å²) >= 11 is 6.18. The van der Waals surface area contributed by atoms with E-state index in [9.17, 15) is 4.79 Å². The van der Waals surface area contributed by atoms with E-state index < -0.39 is 0 Å². The predicted octanol–water partition coefficient (Wildman–Crippen LogP) is 4.04. The Kier molecular flexibility index (Phi) is 6.92. The number of likely N-dealkylation sites (N-methyl/N-ethyl adjacent to an activating group) is 1. The van der Waals surface area contributed by atoms with Crippen LogP contribution in [-0.2, 0) is 11.3 Å². The second-order valence-electron chi connectivity index (χ2n) is 5.61. The Morgan fingerprint density at radius 1 is 1.08 bits per heavy atom. The molecule has 0 spiro atoms. The first-order chi connectivity index (χ1) is 12.5. The van der Waals surface area contributed by atoms with Crippen LogP contribution in [0.1, 0.15) is 11.1 Å². The van der Waals surface area contributed by atoms with Crippen LogP contribution < -0.4 is 14.2 Å². The fourth-order valence-corrected chi connectivity index (χ4v) is 2.71. The van der Waals surface area contributed by atoms with Crippen LogP contribution in [0.15, 0.2) is 42.5 Å². The highest BCUT2D eigenvalue weighted by Crippen LogP contribution is 2.36. The summed E-state index contributed by atoms with van der Waals surface area (Å²) in [5.74, 6) is 1.65. The molecule has 0 aromatic heterocycles. The fraction of sp³-hybridized carbons (Fsp3) is 0.250. The quantitative estimate of drug-likeness (QED) is 0.685. The van der Waals surface area contributed by atoms with Gasteiger partial charge >= 0.3 is 0 Å². The van der Waals surface area contributed by atoms with E-state index in [-0.39, 0.29) is 5.91 Å². The van der Waals surface area contributed by atoms with Gasteiger partial charge in [-0.1, -0.05) is 23.7 Å². The molecule has 6 heteroatoms. The van der Waals surface area contributed by atoms with Crippen molar-refractivity contribution < 1.29 is 19.0 Å². The molecule has 0 bridgehead atoms. The number of carbonyl (C=O) groups excluding carboxylic acids is 1. The van der Waals surface area contributed by atoms with Crippen molar-refractivity contribution >= 4 is 23.6 Å². The molecule has 26 heavy (non-hydrogen) atoms. The highest BCUT2D eigenvalue weighted by molar-refractivity contribution is 6.32. The molecule has 0 aliphatic heterocycles. The van der Waals surface area contributed by atoms with E-state index >= 15 is 0 Å². The Balaban J connectivity index is 2.06. The van der Waals surface area contributed by atoms with Crippen LogP contribution in [0.4, 0.5) is 0 Å². The first-order valence-electron chi connectivity index (χ1n) is 7.96. The second kappa shape index (κ2) is 9.15. The number of amides is 1. The number of rotatable bonds is 7. The van der Waals surface area contributed by atoms with Gasteiger partial charge in [0.15, 0.2) is 11.5 Å². The van der Waals surface area contributed by atoms with E-state index in [4.69, 9.17) is 25.8 Å². The Morgan fingerprint density at radius 3 is 2.35 bits per heavy atom. The minimum absolute atomic E-state index is 0.119. The number of hydrogen-bond donors (Lipinski definition) is 0. The van der Waals surface area contributed by atoms with E-state index in [0.717, 1.165) is 16.9 Å². The van der Waals surface area contributed by atoms with Gasteiger partial charge in [-0.2, -0.15) is 0 Å². The van der Waals surface area contributed by atoms with E-state index in [1.807, 2.05) is 24.3 Å². The molecule has 138 valence electrons. The van der Waals surface area contributed by atoms with Crippen molar-refractivity contribution in [2.24, 2.45) is 0 Å². The summed E-state index contributed by atoms with van der Waals surface area (Å²) in [6.45, 7) is 0.500. The molecule has 0 N–H and O–H groups in total. The minimum atomic E-state index is -0.119. The van der Waals surface area contributed by atoms with Gasteiger partial charge in [0.25, 0.3) is 0 Å². The second-order valence-corrected chi connectivity index (χ2v) is 6.02. The highest BCUT2D eigenvalue weighted by Gasteiger charge is 2.11. The third-order valence-electron chi connectivity index (χ3n) is 3.83. The maximum Gasteiger partial charge on any atom is 0.246 e. The van der Waals surface area contributed by atoms with Crippen LogP contribution in [-0.4, -0.2) is 39.2 Å². The largest absolute Gasteiger partial charge is 0.497 e. The van der Waals surface area contributed by atoms with Crippen molar-refractivity contribution in [3.63, 3.8) is 0 Å². The molecule has 1 amide bonds. The Bertz CT molecular complexity index is 787. The zero-order valence-corrected chi connectivity index (χ0v) is 16.0. The predicted molar refractivity (Wildman–Crippen MR) is 103 cm³/mol. The van der Waals surface area contributed by atoms with Gasteiger partial charge in [0.2, 0.25) is 5.91 Å². The van der Waals surface area contributed by atoms with Crippen LogP contribution in [0.25, 0.3) is 6.08 Å². The van der Waals surface area contributed by atoms with Crippen LogP contribution in [0.2, 0.25) is 5.02 Å². The van der Waals surface area contributed by atoms with Gasteiger partial charge in [0, 0.05) is 19.7 Å². The van der Waals surface area contributed by atoms with E-state index in [1.165, 1.54) is 20.3 Å². The monoisotopic (exact) mass is 375 g/mol. The standard InChI is InChI=1S/C20H22ClNO4/c1-22(13-14-5-8-16(24-2)9-6-14)19(23)10-7-15-11-17(21)20(26-4)18(12-15)25-3/h5-12H,13H2,1-4H3/b10-7+. The maximum absolute atomic E-state index is 12.3. The smallest absolute Gasteiger partial charge is 0.246 e. The average Bonchev–Trinajstić information content (AvgIpc) is 2.66. The van der Waals surface area contributed by atoms with Gasteiger partial charge in [-0.3, -0.25) is 4.79 Å². The molecule has 0 aliphatic rings. The highest BCUT2D eigenvalue weighted by atomic mass is 35.5. The molecule has 0 atom stereocenters. The molecule has 5 nitrogen and oxygen atoms in total. The summed E-state index contributed by atoms with van der Waals surface area (Å²) in [5.41, 5.74) is 1.77. The molecule has 0 radical (unpaired) electrons. The maximum atomic E-state index is 12.3.